The van der Waals surface area contributed by atoms with E-state index in [1.54, 1.807) is 26.0 Å². The number of benzene rings is 2. The predicted molar refractivity (Wildman–Crippen MR) is 169 cm³/mol. The van der Waals surface area contributed by atoms with Crippen molar-refractivity contribution in [1.82, 2.24) is 0 Å². The maximum Gasteiger partial charge on any atom is 0.203 e. The lowest BCUT2D eigenvalue weighted by molar-refractivity contribution is -0.164. The van der Waals surface area contributed by atoms with Crippen LogP contribution in [-0.2, 0) is 33.6 Å². The van der Waals surface area contributed by atoms with Crippen LogP contribution in [0.3, 0.4) is 0 Å². The maximum atomic E-state index is 14.3. The Bertz CT molecular complexity index is 1770. The van der Waals surface area contributed by atoms with Gasteiger partial charge >= 0.3 is 0 Å². The first-order valence-corrected chi connectivity index (χ1v) is 15.2. The molecule has 2 aromatic rings. The molecule has 0 aromatic heterocycles. The van der Waals surface area contributed by atoms with E-state index in [1.165, 1.54) is 6.92 Å². The van der Waals surface area contributed by atoms with Gasteiger partial charge in [-0.05, 0) is 67.7 Å². The standard InChI is InChI=1S/C37H40O8/c1-18(2)25-14-24(13-19(3)12-22-8-10-23(11-9-22)20(4)38)31(41)29-26(25)15-35(6)17-36(7)16-27(40)28(21(5)39)33(43)37(36,45)34(44)30(35)32(29)42/h8-11,14,18,41-43,45H,3,12-13,15-17H2,1-2,4-7H3/t35-,36+,37+/m1/s1. The van der Waals surface area contributed by atoms with Gasteiger partial charge in [-0.2, -0.15) is 0 Å². The first kappa shape index (κ1) is 32.1. The second kappa shape index (κ2) is 10.7. The van der Waals surface area contributed by atoms with Crippen molar-refractivity contribution < 1.29 is 39.6 Å². The van der Waals surface area contributed by atoms with Crippen LogP contribution in [0.15, 0.2) is 59.4 Å². The summed E-state index contributed by atoms with van der Waals surface area (Å²) in [7, 11) is 0. The quantitative estimate of drug-likeness (QED) is 0.170. The highest BCUT2D eigenvalue weighted by atomic mass is 16.3. The average Bonchev–Trinajstić information content (AvgIpc) is 2.91. The summed E-state index contributed by atoms with van der Waals surface area (Å²) in [6, 6.07) is 9.14. The number of carbonyl (C=O) groups excluding carboxylic acids is 4. The molecular weight excluding hydrogens is 572 g/mol. The van der Waals surface area contributed by atoms with Gasteiger partial charge in [-0.15, -0.1) is 0 Å². The van der Waals surface area contributed by atoms with Gasteiger partial charge in [-0.1, -0.05) is 70.2 Å². The number of Topliss-reactive ketones (excluding diaryl/α,β-unsaturated/α-hetero) is 4. The van der Waals surface area contributed by atoms with E-state index in [2.05, 4.69) is 6.58 Å². The van der Waals surface area contributed by atoms with Crippen molar-refractivity contribution in [2.24, 2.45) is 10.8 Å². The van der Waals surface area contributed by atoms with E-state index in [0.717, 1.165) is 23.6 Å². The predicted octanol–water partition coefficient (Wildman–Crippen LogP) is 5.98. The molecule has 2 aromatic carbocycles. The van der Waals surface area contributed by atoms with E-state index in [0.29, 0.717) is 23.1 Å². The number of fused-ring (bicyclic) bond motifs is 3. The van der Waals surface area contributed by atoms with E-state index >= 15 is 0 Å². The lowest BCUT2D eigenvalue weighted by atomic mass is 9.47. The summed E-state index contributed by atoms with van der Waals surface area (Å²) in [5.41, 5.74) is -1.36. The third-order valence-electron chi connectivity index (χ3n) is 10.0. The van der Waals surface area contributed by atoms with Gasteiger partial charge in [0.25, 0.3) is 0 Å². The highest BCUT2D eigenvalue weighted by Gasteiger charge is 2.68. The summed E-state index contributed by atoms with van der Waals surface area (Å²) in [5.74, 6) is -4.11. The molecule has 0 saturated heterocycles. The number of ketones is 4. The molecule has 1 saturated carbocycles. The van der Waals surface area contributed by atoms with E-state index < -0.39 is 50.9 Å². The highest BCUT2D eigenvalue weighted by molar-refractivity contribution is 6.23. The summed E-state index contributed by atoms with van der Waals surface area (Å²) in [6.07, 6.45) is 0.732. The molecule has 0 heterocycles. The Kier molecular flexibility index (Phi) is 7.60. The summed E-state index contributed by atoms with van der Waals surface area (Å²) >= 11 is 0. The molecule has 3 aliphatic rings. The van der Waals surface area contributed by atoms with Gasteiger partial charge in [0.05, 0.1) is 5.56 Å². The fraction of sp³-hybridized carbons (Fsp3) is 0.405. The van der Waals surface area contributed by atoms with E-state index in [9.17, 15) is 39.6 Å². The molecule has 0 unspecified atom stereocenters. The summed E-state index contributed by atoms with van der Waals surface area (Å²) in [5, 5.41) is 46.5. The summed E-state index contributed by atoms with van der Waals surface area (Å²) in [6.45, 7) is 14.1. The second-order valence-corrected chi connectivity index (χ2v) is 14.0. The highest BCUT2D eigenvalue weighted by Crippen LogP contribution is 2.63. The molecule has 0 radical (unpaired) electrons. The number of hydrogen-bond acceptors (Lipinski definition) is 8. The first-order valence-electron chi connectivity index (χ1n) is 15.2. The Morgan fingerprint density at radius 3 is 2.13 bits per heavy atom. The Balaban J connectivity index is 1.62. The number of aromatic hydroxyl groups is 1. The van der Waals surface area contributed by atoms with Crippen molar-refractivity contribution in [3.05, 3.63) is 92.8 Å². The Hall–Kier alpha value is -4.30. The van der Waals surface area contributed by atoms with Crippen molar-refractivity contribution in [3.8, 4) is 5.75 Å². The van der Waals surface area contributed by atoms with Gasteiger partial charge in [0, 0.05) is 28.4 Å². The normalized spacial score (nSPS) is 26.0. The third-order valence-corrected chi connectivity index (χ3v) is 10.0. The van der Waals surface area contributed by atoms with Crippen LogP contribution in [0.2, 0.25) is 0 Å². The SMILES string of the molecule is C=C(Cc1ccc(C(C)=O)cc1)Cc1cc(C(C)C)c2c(c1O)C(O)=C1C(=O)[C@@]3(O)C(O)=C(C(C)=O)C(=O)C[C@@]3(C)C[C@@]1(C)C2. The van der Waals surface area contributed by atoms with Crippen LogP contribution in [0.5, 0.6) is 5.75 Å². The van der Waals surface area contributed by atoms with Crippen molar-refractivity contribution in [2.45, 2.75) is 85.2 Å². The fourth-order valence-corrected chi connectivity index (χ4v) is 7.93. The number of aliphatic hydroxyl groups is 3. The van der Waals surface area contributed by atoms with Gasteiger partial charge in [0.1, 0.15) is 22.8 Å². The van der Waals surface area contributed by atoms with Gasteiger partial charge in [-0.3, -0.25) is 19.2 Å². The third kappa shape index (κ3) is 4.78. The van der Waals surface area contributed by atoms with Crippen LogP contribution < -0.4 is 0 Å². The molecule has 3 aliphatic carbocycles. The molecule has 1 fully saturated rings. The molecule has 3 atom stereocenters. The molecule has 236 valence electrons. The summed E-state index contributed by atoms with van der Waals surface area (Å²) < 4.78 is 0. The lowest BCUT2D eigenvalue weighted by Gasteiger charge is -2.56. The van der Waals surface area contributed by atoms with Crippen LogP contribution in [0.1, 0.15) is 98.5 Å². The van der Waals surface area contributed by atoms with Crippen LogP contribution in [-0.4, -0.2) is 49.2 Å². The van der Waals surface area contributed by atoms with Crippen molar-refractivity contribution >= 4 is 28.9 Å². The van der Waals surface area contributed by atoms with Crippen LogP contribution >= 0.6 is 0 Å². The van der Waals surface area contributed by atoms with Crippen molar-refractivity contribution in [1.29, 1.82) is 0 Å². The van der Waals surface area contributed by atoms with Gasteiger partial charge in [0.2, 0.25) is 5.78 Å². The molecule has 0 bridgehead atoms. The molecule has 0 spiro atoms. The minimum atomic E-state index is -2.61. The number of rotatable bonds is 7. The topological polar surface area (TPSA) is 149 Å². The second-order valence-electron chi connectivity index (χ2n) is 14.0. The smallest absolute Gasteiger partial charge is 0.203 e. The van der Waals surface area contributed by atoms with E-state index in [-0.39, 0.29) is 54.3 Å². The zero-order valence-corrected chi connectivity index (χ0v) is 26.6. The number of aliphatic hydroxyl groups excluding tert-OH is 2. The number of allylic oxidation sites excluding steroid dienone is 2. The van der Waals surface area contributed by atoms with Crippen molar-refractivity contribution in [2.75, 3.05) is 0 Å². The lowest BCUT2D eigenvalue weighted by Crippen LogP contribution is -2.65. The van der Waals surface area contributed by atoms with Crippen molar-refractivity contribution in [3.63, 3.8) is 0 Å². The molecular formula is C37H40O8. The van der Waals surface area contributed by atoms with Gasteiger partial charge in [0.15, 0.2) is 23.0 Å². The first-order chi connectivity index (χ1) is 20.9. The Morgan fingerprint density at radius 1 is 0.956 bits per heavy atom. The van der Waals surface area contributed by atoms with Gasteiger partial charge in [-0.25, -0.2) is 0 Å². The molecule has 5 rings (SSSR count). The molecule has 45 heavy (non-hydrogen) atoms. The molecule has 0 aliphatic heterocycles. The number of phenols is 1. The number of carbonyl (C=O) groups is 4. The van der Waals surface area contributed by atoms with E-state index in [1.807, 2.05) is 32.0 Å². The van der Waals surface area contributed by atoms with Crippen LogP contribution in [0.25, 0.3) is 5.76 Å². The molecule has 8 nitrogen and oxygen atoms in total. The van der Waals surface area contributed by atoms with Crippen LogP contribution in [0.4, 0.5) is 0 Å². The zero-order valence-electron chi connectivity index (χ0n) is 26.6. The molecule has 8 heteroatoms. The zero-order chi connectivity index (χ0) is 33.4. The fourth-order valence-electron chi connectivity index (χ4n) is 7.93. The Morgan fingerprint density at radius 2 is 1.58 bits per heavy atom. The molecule has 4 N–H and O–H groups in total. The minimum absolute atomic E-state index is 0.0170. The van der Waals surface area contributed by atoms with Gasteiger partial charge < -0.3 is 20.4 Å². The molecule has 0 amide bonds. The number of hydrogen-bond donors (Lipinski definition) is 4. The minimum Gasteiger partial charge on any atom is -0.508 e. The average molecular weight is 613 g/mol. The van der Waals surface area contributed by atoms with E-state index in [4.69, 9.17) is 0 Å². The Labute approximate surface area is 262 Å². The number of phenolic OH excluding ortho intramolecular Hbond substituents is 1. The van der Waals surface area contributed by atoms with Crippen LogP contribution in [0, 0.1) is 10.8 Å². The maximum absolute atomic E-state index is 14.3. The monoisotopic (exact) mass is 612 g/mol. The summed E-state index contributed by atoms with van der Waals surface area (Å²) in [4.78, 5) is 51.2. The largest absolute Gasteiger partial charge is 0.508 e.